The van der Waals surface area contributed by atoms with Crippen molar-refractivity contribution in [1.82, 2.24) is 15.0 Å². The lowest BCUT2D eigenvalue weighted by Crippen LogP contribution is -2.23. The van der Waals surface area contributed by atoms with E-state index in [4.69, 9.17) is 4.98 Å². The highest BCUT2D eigenvalue weighted by Crippen LogP contribution is 2.27. The number of rotatable bonds is 5. The lowest BCUT2D eigenvalue weighted by atomic mass is 9.96. The maximum absolute atomic E-state index is 13.9. The molecule has 2 N–H and O–H groups in total. The number of benzene rings is 1. The van der Waals surface area contributed by atoms with Gasteiger partial charge in [-0.05, 0) is 44.0 Å². The zero-order valence-corrected chi connectivity index (χ0v) is 16.0. The number of halogens is 1. The van der Waals surface area contributed by atoms with Gasteiger partial charge < -0.3 is 10.6 Å². The van der Waals surface area contributed by atoms with Crippen molar-refractivity contribution in [3.63, 3.8) is 0 Å². The van der Waals surface area contributed by atoms with Crippen molar-refractivity contribution in [2.45, 2.75) is 45.1 Å². The maximum atomic E-state index is 13.9. The minimum Gasteiger partial charge on any atom is -0.351 e. The van der Waals surface area contributed by atoms with Crippen molar-refractivity contribution in [3.8, 4) is 11.3 Å². The predicted octanol–water partition coefficient (Wildman–Crippen LogP) is 5.47. The molecule has 5 nitrogen and oxygen atoms in total. The van der Waals surface area contributed by atoms with Gasteiger partial charge in [-0.15, -0.1) is 0 Å². The van der Waals surface area contributed by atoms with Crippen LogP contribution in [0.1, 0.15) is 37.7 Å². The Labute approximate surface area is 164 Å². The van der Waals surface area contributed by atoms with Crippen molar-refractivity contribution < 1.29 is 4.39 Å². The molecule has 6 heteroatoms. The van der Waals surface area contributed by atoms with E-state index < -0.39 is 0 Å². The number of anilines is 3. The Hall–Kier alpha value is -3.02. The summed E-state index contributed by atoms with van der Waals surface area (Å²) in [7, 11) is 0. The molecule has 1 saturated carbocycles. The number of hydrogen-bond donors (Lipinski definition) is 2. The summed E-state index contributed by atoms with van der Waals surface area (Å²) in [4.78, 5) is 13.4. The fraction of sp³-hybridized carbons (Fsp3) is 0.318. The van der Waals surface area contributed by atoms with E-state index in [1.807, 2.05) is 24.3 Å². The summed E-state index contributed by atoms with van der Waals surface area (Å²) in [6, 6.07) is 11.1. The summed E-state index contributed by atoms with van der Waals surface area (Å²) in [6.45, 7) is 1.75. The van der Waals surface area contributed by atoms with Crippen LogP contribution in [0.2, 0.25) is 0 Å². The third-order valence-electron chi connectivity index (χ3n) is 5.17. The van der Waals surface area contributed by atoms with Gasteiger partial charge in [-0.2, -0.15) is 4.98 Å². The second-order valence-electron chi connectivity index (χ2n) is 7.21. The Kier molecular flexibility index (Phi) is 5.46. The molecule has 0 saturated heterocycles. The van der Waals surface area contributed by atoms with Gasteiger partial charge in [-0.1, -0.05) is 25.3 Å². The first kappa shape index (κ1) is 18.3. The van der Waals surface area contributed by atoms with Crippen molar-refractivity contribution >= 4 is 17.5 Å². The predicted molar refractivity (Wildman–Crippen MR) is 110 cm³/mol. The van der Waals surface area contributed by atoms with E-state index >= 15 is 0 Å². The molecule has 0 atom stereocenters. The van der Waals surface area contributed by atoms with E-state index in [2.05, 4.69) is 20.6 Å². The minimum atomic E-state index is -0.242. The number of nitrogens with zero attached hydrogens (tertiary/aromatic N) is 3. The molecular formula is C22H24FN5. The van der Waals surface area contributed by atoms with E-state index in [-0.39, 0.29) is 5.82 Å². The summed E-state index contributed by atoms with van der Waals surface area (Å²) in [6.07, 6.45) is 9.51. The molecule has 2 heterocycles. The molecule has 0 unspecified atom stereocenters. The van der Waals surface area contributed by atoms with Crippen LogP contribution in [0.3, 0.4) is 0 Å². The average molecular weight is 377 g/mol. The first-order valence-electron chi connectivity index (χ1n) is 9.77. The molecule has 0 bridgehead atoms. The Morgan fingerprint density at radius 1 is 1.00 bits per heavy atom. The highest BCUT2D eigenvalue weighted by atomic mass is 19.1. The minimum absolute atomic E-state index is 0.242. The van der Waals surface area contributed by atoms with Gasteiger partial charge in [-0.25, -0.2) is 9.37 Å². The molecule has 0 radical (unpaired) electrons. The molecule has 1 aliphatic carbocycles. The van der Waals surface area contributed by atoms with Crippen LogP contribution in [0.15, 0.2) is 48.8 Å². The van der Waals surface area contributed by atoms with Crippen molar-refractivity contribution in [3.05, 3.63) is 60.2 Å². The zero-order chi connectivity index (χ0) is 19.3. The lowest BCUT2D eigenvalue weighted by Gasteiger charge is -2.23. The van der Waals surface area contributed by atoms with Crippen molar-refractivity contribution in [2.75, 3.05) is 10.6 Å². The van der Waals surface area contributed by atoms with Gasteiger partial charge >= 0.3 is 0 Å². The zero-order valence-electron chi connectivity index (χ0n) is 16.0. The Morgan fingerprint density at radius 3 is 2.57 bits per heavy atom. The Balaban J connectivity index is 1.68. The molecule has 3 aromatic rings. The van der Waals surface area contributed by atoms with E-state index in [1.54, 1.807) is 25.4 Å². The smallest absolute Gasteiger partial charge is 0.225 e. The normalized spacial score (nSPS) is 14.6. The highest BCUT2D eigenvalue weighted by Gasteiger charge is 2.16. The van der Waals surface area contributed by atoms with Gasteiger partial charge in [0.15, 0.2) is 0 Å². The van der Waals surface area contributed by atoms with E-state index in [1.165, 1.54) is 25.3 Å². The van der Waals surface area contributed by atoms with Gasteiger partial charge in [0.1, 0.15) is 11.6 Å². The second-order valence-corrected chi connectivity index (χ2v) is 7.21. The van der Waals surface area contributed by atoms with Crippen LogP contribution < -0.4 is 10.6 Å². The molecular weight excluding hydrogens is 353 g/mol. The fourth-order valence-corrected chi connectivity index (χ4v) is 3.56. The third kappa shape index (κ3) is 4.27. The van der Waals surface area contributed by atoms with Crippen molar-refractivity contribution in [2.24, 2.45) is 0 Å². The van der Waals surface area contributed by atoms with Gasteiger partial charge in [0, 0.05) is 41.3 Å². The summed E-state index contributed by atoms with van der Waals surface area (Å²) in [5.74, 6) is 0.987. The fourth-order valence-electron chi connectivity index (χ4n) is 3.56. The number of pyridine rings is 1. The largest absolute Gasteiger partial charge is 0.351 e. The molecule has 0 spiro atoms. The van der Waals surface area contributed by atoms with Crippen molar-refractivity contribution in [1.29, 1.82) is 0 Å². The molecule has 2 aromatic heterocycles. The molecule has 28 heavy (non-hydrogen) atoms. The summed E-state index contributed by atoms with van der Waals surface area (Å²) in [5.41, 5.74) is 3.02. The Bertz CT molecular complexity index is 939. The van der Waals surface area contributed by atoms with Gasteiger partial charge in [0.25, 0.3) is 0 Å². The molecule has 0 amide bonds. The van der Waals surface area contributed by atoms with Crippen LogP contribution >= 0.6 is 0 Å². The number of hydrogen-bond acceptors (Lipinski definition) is 5. The van der Waals surface area contributed by atoms with Gasteiger partial charge in [0.05, 0.1) is 5.69 Å². The molecule has 0 aliphatic heterocycles. The van der Waals surface area contributed by atoms with Gasteiger partial charge in [0.2, 0.25) is 5.95 Å². The number of aromatic nitrogens is 3. The molecule has 1 fully saturated rings. The van der Waals surface area contributed by atoms with Crippen LogP contribution in [-0.4, -0.2) is 21.0 Å². The summed E-state index contributed by atoms with van der Waals surface area (Å²) in [5, 5.41) is 6.75. The molecule has 1 aliphatic rings. The van der Waals surface area contributed by atoms with Crippen LogP contribution in [0.25, 0.3) is 11.3 Å². The molecule has 144 valence electrons. The first-order valence-corrected chi connectivity index (χ1v) is 9.77. The highest BCUT2D eigenvalue weighted by molar-refractivity contribution is 5.68. The SMILES string of the molecule is Cc1c(F)cccc1Nc1cc(-c2ccncc2)nc(NC2CCCCC2)n1. The van der Waals surface area contributed by atoms with Crippen LogP contribution in [0.5, 0.6) is 0 Å². The molecule has 4 rings (SSSR count). The first-order chi connectivity index (χ1) is 13.7. The third-order valence-corrected chi connectivity index (χ3v) is 5.17. The standard InChI is InChI=1S/C22H24FN5/c1-15-18(23)8-5-9-19(15)26-21-14-20(16-10-12-24-13-11-16)27-22(28-21)25-17-6-3-2-4-7-17/h5,8-14,17H,2-4,6-7H2,1H3,(H2,25,26,27,28). The average Bonchev–Trinajstić information content (AvgIpc) is 2.73. The quantitative estimate of drug-likeness (QED) is 0.617. The van der Waals surface area contributed by atoms with E-state index in [9.17, 15) is 4.39 Å². The molecule has 1 aromatic carbocycles. The van der Waals surface area contributed by atoms with Gasteiger partial charge in [-0.3, -0.25) is 4.98 Å². The summed E-state index contributed by atoms with van der Waals surface area (Å²) < 4.78 is 13.9. The second kappa shape index (κ2) is 8.33. The maximum Gasteiger partial charge on any atom is 0.225 e. The van der Waals surface area contributed by atoms with Crippen LogP contribution in [0.4, 0.5) is 21.8 Å². The van der Waals surface area contributed by atoms with E-state index in [0.29, 0.717) is 29.1 Å². The van der Waals surface area contributed by atoms with Crippen LogP contribution in [0, 0.1) is 12.7 Å². The monoisotopic (exact) mass is 377 g/mol. The van der Waals surface area contributed by atoms with Crippen LogP contribution in [-0.2, 0) is 0 Å². The topological polar surface area (TPSA) is 62.7 Å². The Morgan fingerprint density at radius 2 is 1.79 bits per heavy atom. The number of nitrogens with one attached hydrogen (secondary N) is 2. The lowest BCUT2D eigenvalue weighted by molar-refractivity contribution is 0.461. The van der Waals surface area contributed by atoms with E-state index in [0.717, 1.165) is 24.1 Å². The summed E-state index contributed by atoms with van der Waals surface area (Å²) >= 11 is 0.